The molecule has 1 unspecified atom stereocenters. The number of carbonyl (C=O) groups is 1. The Balaban J connectivity index is 2.42. The molecule has 100 valence electrons. The van der Waals surface area contributed by atoms with Gasteiger partial charge < -0.3 is 21.2 Å². The molecular formula is C12H15N5O2. The van der Waals surface area contributed by atoms with Crippen molar-refractivity contribution in [1.82, 2.24) is 9.97 Å². The van der Waals surface area contributed by atoms with E-state index >= 15 is 0 Å². The lowest BCUT2D eigenvalue weighted by Crippen LogP contribution is -2.26. The summed E-state index contributed by atoms with van der Waals surface area (Å²) in [5.41, 5.74) is 12.2. The van der Waals surface area contributed by atoms with E-state index in [4.69, 9.17) is 16.2 Å². The highest BCUT2D eigenvalue weighted by atomic mass is 16.5. The highest BCUT2D eigenvalue weighted by molar-refractivity contribution is 5.84. The second kappa shape index (κ2) is 5.38. The molecule has 0 amide bonds. The number of ether oxygens (including phenoxy) is 1. The number of nitrogens with one attached hydrogen (secondary N) is 1. The molecule has 0 fully saturated rings. The molecule has 2 aromatic rings. The number of aromatic nitrogens is 2. The predicted molar refractivity (Wildman–Crippen MR) is 71.3 cm³/mol. The van der Waals surface area contributed by atoms with Crippen molar-refractivity contribution in [2.45, 2.75) is 13.0 Å². The van der Waals surface area contributed by atoms with E-state index in [1.54, 1.807) is 6.92 Å². The van der Waals surface area contributed by atoms with Crippen LogP contribution < -0.4 is 11.5 Å². The molecule has 1 heterocycles. The fraction of sp³-hybridized carbons (Fsp3) is 0.250. The summed E-state index contributed by atoms with van der Waals surface area (Å²) in [7, 11) is 0. The number of imidazole rings is 1. The van der Waals surface area contributed by atoms with Gasteiger partial charge in [0.15, 0.2) is 5.96 Å². The Bertz CT molecular complexity index is 582. The highest BCUT2D eigenvalue weighted by Gasteiger charge is 2.25. The van der Waals surface area contributed by atoms with Crippen LogP contribution in [0.4, 0.5) is 0 Å². The van der Waals surface area contributed by atoms with Crippen molar-refractivity contribution < 1.29 is 9.53 Å². The van der Waals surface area contributed by atoms with E-state index in [-0.39, 0.29) is 12.6 Å². The fourth-order valence-electron chi connectivity index (χ4n) is 1.70. The Kier molecular flexibility index (Phi) is 3.65. The van der Waals surface area contributed by atoms with Crippen molar-refractivity contribution in [2.24, 2.45) is 16.5 Å². The number of guanidine groups is 1. The van der Waals surface area contributed by atoms with Gasteiger partial charge in [-0.2, -0.15) is 0 Å². The van der Waals surface area contributed by atoms with Gasteiger partial charge in [-0.25, -0.2) is 14.8 Å². The molecule has 1 atom stereocenters. The number of carbonyl (C=O) groups excluding carboxylic acids is 1. The summed E-state index contributed by atoms with van der Waals surface area (Å²) in [6.07, 6.45) is 0. The lowest BCUT2D eigenvalue weighted by molar-refractivity contribution is -0.144. The smallest absolute Gasteiger partial charge is 0.338 e. The van der Waals surface area contributed by atoms with Gasteiger partial charge in [-0.3, -0.25) is 0 Å². The number of aromatic amines is 1. The summed E-state index contributed by atoms with van der Waals surface area (Å²) in [6.45, 7) is 1.96. The topological polar surface area (TPSA) is 119 Å². The van der Waals surface area contributed by atoms with E-state index in [1.165, 1.54) is 0 Å². The minimum absolute atomic E-state index is 0.196. The molecule has 1 aromatic heterocycles. The van der Waals surface area contributed by atoms with Crippen LogP contribution in [-0.4, -0.2) is 28.5 Å². The number of hydrogen-bond acceptors (Lipinski definition) is 4. The molecule has 0 aliphatic carbocycles. The molecule has 0 bridgehead atoms. The molecule has 1 aromatic carbocycles. The van der Waals surface area contributed by atoms with E-state index in [0.717, 1.165) is 11.0 Å². The average molecular weight is 261 g/mol. The normalized spacial score (nSPS) is 12.1. The van der Waals surface area contributed by atoms with E-state index in [9.17, 15) is 4.79 Å². The van der Waals surface area contributed by atoms with Gasteiger partial charge in [0, 0.05) is 0 Å². The van der Waals surface area contributed by atoms with Gasteiger partial charge in [-0.1, -0.05) is 12.1 Å². The van der Waals surface area contributed by atoms with Crippen LogP contribution >= 0.6 is 0 Å². The third kappa shape index (κ3) is 2.82. The number of nitrogens with zero attached hydrogens (tertiary/aromatic N) is 2. The van der Waals surface area contributed by atoms with Crippen LogP contribution in [0.15, 0.2) is 29.3 Å². The number of benzene rings is 1. The highest BCUT2D eigenvalue weighted by Crippen LogP contribution is 2.20. The van der Waals surface area contributed by atoms with E-state index in [2.05, 4.69) is 15.0 Å². The number of nitrogens with two attached hydrogens (primary N) is 2. The van der Waals surface area contributed by atoms with Crippen LogP contribution in [0.5, 0.6) is 0 Å². The Hall–Kier alpha value is -2.57. The first-order valence-corrected chi connectivity index (χ1v) is 5.82. The molecule has 19 heavy (non-hydrogen) atoms. The number of H-pyrrole nitrogens is 1. The van der Waals surface area contributed by atoms with E-state index in [1.807, 2.05) is 24.3 Å². The molecular weight excluding hydrogens is 246 g/mol. The van der Waals surface area contributed by atoms with Crippen molar-refractivity contribution in [2.75, 3.05) is 6.61 Å². The van der Waals surface area contributed by atoms with Crippen LogP contribution in [0.25, 0.3) is 11.0 Å². The second-order valence-electron chi connectivity index (χ2n) is 3.85. The molecule has 7 nitrogen and oxygen atoms in total. The van der Waals surface area contributed by atoms with Gasteiger partial charge in [0.1, 0.15) is 5.82 Å². The van der Waals surface area contributed by atoms with Crippen LogP contribution in [0.2, 0.25) is 0 Å². The first-order chi connectivity index (χ1) is 9.11. The number of para-hydroxylation sites is 2. The third-order valence-corrected chi connectivity index (χ3v) is 2.45. The summed E-state index contributed by atoms with van der Waals surface area (Å²) in [5.74, 6) is -0.387. The zero-order valence-electron chi connectivity index (χ0n) is 10.5. The Morgan fingerprint density at radius 1 is 1.47 bits per heavy atom. The summed E-state index contributed by atoms with van der Waals surface area (Å²) in [4.78, 5) is 23.0. The maximum Gasteiger partial charge on any atom is 0.338 e. The minimum atomic E-state index is -0.975. The number of aliphatic imine (C=N–C) groups is 1. The summed E-state index contributed by atoms with van der Waals surface area (Å²) in [6, 6.07) is 6.42. The monoisotopic (exact) mass is 261 g/mol. The summed E-state index contributed by atoms with van der Waals surface area (Å²) in [5, 5.41) is 0. The number of hydrogen-bond donors (Lipinski definition) is 3. The Morgan fingerprint density at radius 2 is 2.21 bits per heavy atom. The first kappa shape index (κ1) is 12.9. The lowest BCUT2D eigenvalue weighted by Gasteiger charge is -2.08. The van der Waals surface area contributed by atoms with Crippen molar-refractivity contribution >= 4 is 23.0 Å². The van der Waals surface area contributed by atoms with Gasteiger partial charge >= 0.3 is 5.97 Å². The zero-order valence-corrected chi connectivity index (χ0v) is 10.5. The summed E-state index contributed by atoms with van der Waals surface area (Å²) < 4.78 is 4.94. The van der Waals surface area contributed by atoms with Crippen LogP contribution in [0.3, 0.4) is 0 Å². The molecule has 5 N–H and O–H groups in total. The average Bonchev–Trinajstić information content (AvgIpc) is 2.79. The van der Waals surface area contributed by atoms with Gasteiger partial charge in [-0.15, -0.1) is 0 Å². The minimum Gasteiger partial charge on any atom is -0.464 e. The van der Waals surface area contributed by atoms with E-state index in [0.29, 0.717) is 5.82 Å². The molecule has 7 heteroatoms. The SMILES string of the molecule is CCOC(=O)C(N=C(N)N)c1nc2ccccc2[nH]1. The number of esters is 1. The van der Waals surface area contributed by atoms with Gasteiger partial charge in [0.2, 0.25) is 6.04 Å². The third-order valence-electron chi connectivity index (χ3n) is 2.45. The van der Waals surface area contributed by atoms with E-state index < -0.39 is 12.0 Å². The lowest BCUT2D eigenvalue weighted by atomic mass is 10.3. The Morgan fingerprint density at radius 3 is 2.84 bits per heavy atom. The van der Waals surface area contributed by atoms with Crippen molar-refractivity contribution in [3.05, 3.63) is 30.1 Å². The fourth-order valence-corrected chi connectivity index (χ4v) is 1.70. The molecule has 0 saturated carbocycles. The maximum atomic E-state index is 11.9. The zero-order chi connectivity index (χ0) is 13.8. The number of rotatable bonds is 4. The van der Waals surface area contributed by atoms with Gasteiger partial charge in [0.05, 0.1) is 17.6 Å². The Labute approximate surface area is 109 Å². The van der Waals surface area contributed by atoms with Gasteiger partial charge in [0.25, 0.3) is 0 Å². The predicted octanol–water partition coefficient (Wildman–Crippen LogP) is 0.441. The molecule has 0 saturated heterocycles. The molecule has 2 rings (SSSR count). The van der Waals surface area contributed by atoms with Crippen molar-refractivity contribution in [3.63, 3.8) is 0 Å². The number of fused-ring (bicyclic) bond motifs is 1. The maximum absolute atomic E-state index is 11.9. The first-order valence-electron chi connectivity index (χ1n) is 5.82. The summed E-state index contributed by atoms with van der Waals surface area (Å²) >= 11 is 0. The van der Waals surface area contributed by atoms with Crippen LogP contribution in [-0.2, 0) is 9.53 Å². The van der Waals surface area contributed by atoms with Crippen molar-refractivity contribution in [1.29, 1.82) is 0 Å². The van der Waals surface area contributed by atoms with Crippen LogP contribution in [0, 0.1) is 0 Å². The quantitative estimate of drug-likeness (QED) is 0.419. The molecule has 0 aliphatic heterocycles. The standard InChI is InChI=1S/C12H15N5O2/c1-2-19-11(18)9(17-12(13)14)10-15-7-5-3-4-6-8(7)16-10/h3-6,9H,2H2,1H3,(H,15,16)(H4,13,14,17). The van der Waals surface area contributed by atoms with Crippen molar-refractivity contribution in [3.8, 4) is 0 Å². The largest absolute Gasteiger partial charge is 0.464 e. The van der Waals surface area contributed by atoms with Crippen LogP contribution in [0.1, 0.15) is 18.8 Å². The second-order valence-corrected chi connectivity index (χ2v) is 3.85. The van der Waals surface area contributed by atoms with Gasteiger partial charge in [-0.05, 0) is 19.1 Å². The molecule has 0 aliphatic rings. The molecule has 0 radical (unpaired) electrons. The molecule has 0 spiro atoms.